The number of nitrogens with one attached hydrogen (secondary N) is 1. The van der Waals surface area contributed by atoms with E-state index < -0.39 is 17.5 Å². The quantitative estimate of drug-likeness (QED) is 0.429. The van der Waals surface area contributed by atoms with Crippen molar-refractivity contribution in [3.63, 3.8) is 0 Å². The van der Waals surface area contributed by atoms with E-state index in [1.54, 1.807) is 62.4 Å². The highest BCUT2D eigenvalue weighted by Crippen LogP contribution is 2.29. The number of esters is 1. The Morgan fingerprint density at radius 2 is 1.82 bits per heavy atom. The second-order valence-corrected chi connectivity index (χ2v) is 8.28. The van der Waals surface area contributed by atoms with Gasteiger partial charge in [-0.15, -0.1) is 0 Å². The van der Waals surface area contributed by atoms with E-state index in [9.17, 15) is 9.59 Å². The molecule has 3 aromatic rings. The number of ether oxygens (including phenoxy) is 4. The number of aromatic nitrogens is 2. The van der Waals surface area contributed by atoms with Gasteiger partial charge in [0.15, 0.2) is 18.1 Å². The molecule has 180 valence electrons. The highest BCUT2D eigenvalue weighted by atomic mass is 35.5. The largest absolute Gasteiger partial charge is 0.484 e. The molecule has 1 amide bonds. The second-order valence-electron chi connectivity index (χ2n) is 7.84. The number of para-hydroxylation sites is 1. The molecular weight excluding hydrogens is 462 g/mol. The van der Waals surface area contributed by atoms with Gasteiger partial charge in [-0.3, -0.25) is 9.36 Å². The molecule has 0 bridgehead atoms. The third kappa shape index (κ3) is 6.27. The molecule has 0 saturated heterocycles. The maximum atomic E-state index is 13.3. The van der Waals surface area contributed by atoms with Crippen LogP contribution in [0.4, 0.5) is 5.82 Å². The summed E-state index contributed by atoms with van der Waals surface area (Å²) in [5, 5.41) is 3.10. The van der Waals surface area contributed by atoms with Crippen LogP contribution < -0.4 is 14.8 Å². The van der Waals surface area contributed by atoms with E-state index in [1.165, 1.54) is 18.8 Å². The van der Waals surface area contributed by atoms with Crippen LogP contribution in [0.1, 0.15) is 24.3 Å². The first-order valence-corrected chi connectivity index (χ1v) is 10.7. The van der Waals surface area contributed by atoms with Crippen molar-refractivity contribution in [2.24, 2.45) is 0 Å². The fraction of sp³-hybridized carbons (Fsp3) is 0.292. The van der Waals surface area contributed by atoms with Gasteiger partial charge in [-0.1, -0.05) is 35.9 Å². The van der Waals surface area contributed by atoms with Crippen LogP contribution in [-0.4, -0.2) is 54.5 Å². The van der Waals surface area contributed by atoms with Crippen LogP contribution in [0.3, 0.4) is 0 Å². The number of anilines is 1. The Labute approximate surface area is 202 Å². The molecule has 9 nitrogen and oxygen atoms in total. The van der Waals surface area contributed by atoms with Gasteiger partial charge in [-0.05, 0) is 44.2 Å². The van der Waals surface area contributed by atoms with Gasteiger partial charge < -0.3 is 24.3 Å². The fourth-order valence-electron chi connectivity index (χ4n) is 3.18. The summed E-state index contributed by atoms with van der Waals surface area (Å²) in [7, 11) is 2.93. The van der Waals surface area contributed by atoms with Crippen LogP contribution in [0.2, 0.25) is 5.02 Å². The average molecular weight is 488 g/mol. The summed E-state index contributed by atoms with van der Waals surface area (Å²) >= 11 is 5.95. The number of nitrogens with zero attached hydrogens (tertiary/aromatic N) is 2. The zero-order valence-electron chi connectivity index (χ0n) is 19.3. The zero-order chi connectivity index (χ0) is 24.7. The van der Waals surface area contributed by atoms with Crippen molar-refractivity contribution in [3.05, 3.63) is 65.3 Å². The number of hydrogen-bond donors (Lipinski definition) is 1. The summed E-state index contributed by atoms with van der Waals surface area (Å²) < 4.78 is 23.2. The fourth-order valence-corrected chi connectivity index (χ4v) is 3.36. The van der Waals surface area contributed by atoms with Gasteiger partial charge in [-0.2, -0.15) is 4.98 Å². The lowest BCUT2D eigenvalue weighted by Crippen LogP contribution is -2.34. The molecular formula is C24H26ClN3O6. The van der Waals surface area contributed by atoms with Crippen molar-refractivity contribution in [2.75, 3.05) is 32.8 Å². The first-order valence-electron chi connectivity index (χ1n) is 10.4. The number of rotatable bonds is 10. The molecule has 0 unspecified atom stereocenters. The lowest BCUT2D eigenvalue weighted by molar-refractivity contribution is -0.118. The maximum absolute atomic E-state index is 13.3. The van der Waals surface area contributed by atoms with Crippen molar-refractivity contribution >= 4 is 29.3 Å². The van der Waals surface area contributed by atoms with E-state index in [0.29, 0.717) is 16.5 Å². The van der Waals surface area contributed by atoms with Crippen molar-refractivity contribution in [1.82, 2.24) is 9.55 Å². The normalized spacial score (nSPS) is 11.1. The molecule has 34 heavy (non-hydrogen) atoms. The van der Waals surface area contributed by atoms with E-state index in [-0.39, 0.29) is 30.7 Å². The molecule has 0 spiro atoms. The number of amides is 1. The molecule has 2 aromatic carbocycles. The molecule has 0 atom stereocenters. The molecule has 0 aliphatic rings. The maximum Gasteiger partial charge on any atom is 0.359 e. The molecule has 0 aliphatic carbocycles. The Morgan fingerprint density at radius 1 is 1.09 bits per heavy atom. The predicted octanol–water partition coefficient (Wildman–Crippen LogP) is 4.13. The van der Waals surface area contributed by atoms with Crippen molar-refractivity contribution < 1.29 is 28.5 Å². The number of carbonyl (C=O) groups excluding carboxylic acids is 2. The van der Waals surface area contributed by atoms with Crippen LogP contribution in [-0.2, 0) is 14.3 Å². The smallest absolute Gasteiger partial charge is 0.359 e. The van der Waals surface area contributed by atoms with Crippen molar-refractivity contribution in [2.45, 2.75) is 19.4 Å². The van der Waals surface area contributed by atoms with Gasteiger partial charge in [0.1, 0.15) is 11.4 Å². The Balaban J connectivity index is 1.93. The highest BCUT2D eigenvalue weighted by molar-refractivity contribution is 6.30. The van der Waals surface area contributed by atoms with Gasteiger partial charge in [-0.25, -0.2) is 4.79 Å². The van der Waals surface area contributed by atoms with Gasteiger partial charge in [0, 0.05) is 12.1 Å². The molecule has 0 saturated carbocycles. The van der Waals surface area contributed by atoms with Crippen LogP contribution in [0, 0.1) is 0 Å². The van der Waals surface area contributed by atoms with Crippen molar-refractivity contribution in [1.29, 1.82) is 0 Å². The number of carbonyl (C=O) groups is 2. The molecule has 3 rings (SSSR count). The van der Waals surface area contributed by atoms with E-state index in [1.807, 2.05) is 6.07 Å². The minimum absolute atomic E-state index is 0.0108. The SMILES string of the molecule is COCC(C)(C)OC(=O)c1c(NC(=O)COc2cccc(Cl)c2)nc(OC)n1-c1ccccc1. The number of methoxy groups -OCH3 is 2. The summed E-state index contributed by atoms with van der Waals surface area (Å²) in [6.07, 6.45) is 0. The molecule has 10 heteroatoms. The monoisotopic (exact) mass is 487 g/mol. The van der Waals surface area contributed by atoms with E-state index in [2.05, 4.69) is 10.3 Å². The average Bonchev–Trinajstić information content (AvgIpc) is 3.16. The lowest BCUT2D eigenvalue weighted by atomic mass is 10.1. The Hall–Kier alpha value is -3.56. The van der Waals surface area contributed by atoms with E-state index in [0.717, 1.165) is 0 Å². The second kappa shape index (κ2) is 11.0. The van der Waals surface area contributed by atoms with Gasteiger partial charge >= 0.3 is 12.0 Å². The number of halogens is 1. The Morgan fingerprint density at radius 3 is 2.47 bits per heavy atom. The van der Waals surface area contributed by atoms with Gasteiger partial charge in [0.25, 0.3) is 5.91 Å². The summed E-state index contributed by atoms with van der Waals surface area (Å²) in [5.41, 5.74) is -0.343. The topological polar surface area (TPSA) is 101 Å². The number of benzene rings is 2. The number of hydrogen-bond acceptors (Lipinski definition) is 7. The van der Waals surface area contributed by atoms with Gasteiger partial charge in [0.05, 0.1) is 19.4 Å². The van der Waals surface area contributed by atoms with Crippen molar-refractivity contribution in [3.8, 4) is 17.4 Å². The molecule has 1 heterocycles. The lowest BCUT2D eigenvalue weighted by Gasteiger charge is -2.24. The summed E-state index contributed by atoms with van der Waals surface area (Å²) in [5.74, 6) is -0.854. The minimum Gasteiger partial charge on any atom is -0.484 e. The number of imidazole rings is 1. The standard InChI is InChI=1S/C24H26ClN3O6/c1-24(2,15-31-3)34-22(30)20-21(26-19(29)14-33-18-12-8-9-16(25)13-18)27-23(32-4)28(20)17-10-6-5-7-11-17/h5-13H,14-15H2,1-4H3,(H,26,29). The third-order valence-corrected chi connectivity index (χ3v) is 4.76. The molecule has 0 fully saturated rings. The van der Waals surface area contributed by atoms with Gasteiger partial charge in [0.2, 0.25) is 0 Å². The van der Waals surface area contributed by atoms with Crippen LogP contribution in [0.5, 0.6) is 11.8 Å². The summed E-state index contributed by atoms with van der Waals surface area (Å²) in [6.45, 7) is 3.27. The molecule has 0 radical (unpaired) electrons. The van der Waals surface area contributed by atoms with Crippen LogP contribution in [0.25, 0.3) is 5.69 Å². The van der Waals surface area contributed by atoms with Crippen LogP contribution in [0.15, 0.2) is 54.6 Å². The first-order chi connectivity index (χ1) is 16.2. The Bertz CT molecular complexity index is 1150. The minimum atomic E-state index is -0.929. The first kappa shape index (κ1) is 25.1. The molecule has 0 aliphatic heterocycles. The molecule has 1 N–H and O–H groups in total. The predicted molar refractivity (Wildman–Crippen MR) is 127 cm³/mol. The third-order valence-electron chi connectivity index (χ3n) is 4.52. The Kier molecular flexibility index (Phi) is 8.14. The van der Waals surface area contributed by atoms with E-state index in [4.69, 9.17) is 30.5 Å². The van der Waals surface area contributed by atoms with E-state index >= 15 is 0 Å². The highest BCUT2D eigenvalue weighted by Gasteiger charge is 2.32. The summed E-state index contributed by atoms with van der Waals surface area (Å²) in [6, 6.07) is 15.7. The summed E-state index contributed by atoms with van der Waals surface area (Å²) in [4.78, 5) is 30.2. The van der Waals surface area contributed by atoms with Crippen LogP contribution >= 0.6 is 11.6 Å². The zero-order valence-corrected chi connectivity index (χ0v) is 20.1. The molecule has 1 aromatic heterocycles.